The van der Waals surface area contributed by atoms with Gasteiger partial charge in [-0.1, -0.05) is 30.3 Å². The maximum atomic E-state index is 14.2. The van der Waals surface area contributed by atoms with E-state index in [-0.39, 0.29) is 28.1 Å². The van der Waals surface area contributed by atoms with E-state index in [9.17, 15) is 18.4 Å². The number of carbonyl (C=O) groups is 2. The molecule has 2 aromatic rings. The average Bonchev–Trinajstić information content (AvgIpc) is 2.69. The minimum Gasteiger partial charge on any atom is -0.489 e. The highest BCUT2D eigenvalue weighted by Gasteiger charge is 2.28. The molecule has 0 heterocycles. The molecule has 1 atom stereocenters. The maximum absolute atomic E-state index is 14.2. The zero-order chi connectivity index (χ0) is 22.4. The fourth-order valence-corrected chi connectivity index (χ4v) is 2.59. The summed E-state index contributed by atoms with van der Waals surface area (Å²) in [7, 11) is 1.10. The van der Waals surface area contributed by atoms with Crippen LogP contribution in [0.4, 0.5) is 19.3 Å². The number of benzene rings is 2. The van der Waals surface area contributed by atoms with E-state index in [2.05, 4.69) is 16.6 Å². The molecule has 0 saturated heterocycles. The third kappa shape index (κ3) is 5.93. The van der Waals surface area contributed by atoms with Crippen LogP contribution >= 0.6 is 11.6 Å². The molecule has 0 radical (unpaired) electrons. The second-order valence-corrected chi connectivity index (χ2v) is 6.80. The van der Waals surface area contributed by atoms with Crippen molar-refractivity contribution in [1.29, 1.82) is 0 Å². The van der Waals surface area contributed by atoms with Crippen LogP contribution < -0.4 is 10.1 Å². The molecule has 9 heteroatoms. The van der Waals surface area contributed by atoms with Crippen molar-refractivity contribution in [2.75, 3.05) is 12.4 Å². The van der Waals surface area contributed by atoms with Gasteiger partial charge in [0.15, 0.2) is 0 Å². The van der Waals surface area contributed by atoms with Crippen molar-refractivity contribution in [1.82, 2.24) is 0 Å². The molecule has 2 rings (SSSR count). The van der Waals surface area contributed by atoms with Crippen molar-refractivity contribution in [3.05, 3.63) is 65.2 Å². The lowest BCUT2D eigenvalue weighted by atomic mass is 10.0. The molecule has 0 fully saturated rings. The first-order chi connectivity index (χ1) is 14.1. The third-order valence-corrected chi connectivity index (χ3v) is 4.09. The van der Waals surface area contributed by atoms with Gasteiger partial charge in [-0.15, -0.1) is 0 Å². The van der Waals surface area contributed by atoms with Crippen LogP contribution in [0, 0.1) is 11.6 Å². The Bertz CT molecular complexity index is 947. The van der Waals surface area contributed by atoms with Gasteiger partial charge in [0, 0.05) is 11.6 Å². The fourth-order valence-electron chi connectivity index (χ4n) is 2.40. The molecule has 1 amide bonds. The Hall–Kier alpha value is -3.13. The number of ether oxygens (including phenoxy) is 3. The number of hydrogen-bond acceptors (Lipinski definition) is 5. The van der Waals surface area contributed by atoms with Crippen LogP contribution in [0.1, 0.15) is 19.4 Å². The number of halogens is 3. The lowest BCUT2D eigenvalue weighted by Gasteiger charge is -2.19. The minimum absolute atomic E-state index is 0.0252. The fraction of sp³-hybridized carbons (Fsp3) is 0.238. The molecule has 0 aromatic heterocycles. The van der Waals surface area contributed by atoms with Gasteiger partial charge in [-0.2, -0.15) is 0 Å². The SMILES string of the molecule is C=C(c1ccc(F)cc1)C(OC(=O)Nc1cc(OC(C)C)c(Cl)cc1F)C(=O)OC. The van der Waals surface area contributed by atoms with Gasteiger partial charge in [0.25, 0.3) is 0 Å². The van der Waals surface area contributed by atoms with Crippen molar-refractivity contribution >= 4 is 34.9 Å². The van der Waals surface area contributed by atoms with Gasteiger partial charge in [-0.3, -0.25) is 5.32 Å². The number of esters is 1. The van der Waals surface area contributed by atoms with Crippen molar-refractivity contribution in [2.45, 2.75) is 26.1 Å². The first-order valence-corrected chi connectivity index (χ1v) is 9.16. The van der Waals surface area contributed by atoms with E-state index in [0.717, 1.165) is 25.3 Å². The Morgan fingerprint density at radius 1 is 1.13 bits per heavy atom. The van der Waals surface area contributed by atoms with Crippen LogP contribution in [0.3, 0.4) is 0 Å². The van der Waals surface area contributed by atoms with Crippen LogP contribution in [0.5, 0.6) is 5.75 Å². The Labute approximate surface area is 177 Å². The summed E-state index contributed by atoms with van der Waals surface area (Å²) in [4.78, 5) is 24.4. The Kier molecular flexibility index (Phi) is 7.77. The highest BCUT2D eigenvalue weighted by Crippen LogP contribution is 2.31. The van der Waals surface area contributed by atoms with Crippen LogP contribution in [0.2, 0.25) is 5.02 Å². The highest BCUT2D eigenvalue weighted by molar-refractivity contribution is 6.32. The summed E-state index contributed by atoms with van der Waals surface area (Å²) in [6.45, 7) is 7.23. The van der Waals surface area contributed by atoms with Crippen LogP contribution in [0.15, 0.2) is 43.0 Å². The molecule has 1 N–H and O–H groups in total. The molecule has 0 aliphatic rings. The standard InChI is InChI=1S/C21H20ClF2NO5/c1-11(2)29-18-10-17(16(24)9-15(18)22)25-21(27)30-19(20(26)28-4)12(3)13-5-7-14(23)8-6-13/h5-11,19H,3H2,1-2,4H3,(H,25,27). The van der Waals surface area contributed by atoms with Crippen LogP contribution in [-0.4, -0.2) is 31.4 Å². The molecule has 0 spiro atoms. The van der Waals surface area contributed by atoms with Crippen molar-refractivity contribution in [2.24, 2.45) is 0 Å². The largest absolute Gasteiger partial charge is 0.489 e. The number of methoxy groups -OCH3 is 1. The summed E-state index contributed by atoms with van der Waals surface area (Å²) < 4.78 is 42.5. The van der Waals surface area contributed by atoms with E-state index in [4.69, 9.17) is 21.1 Å². The summed E-state index contributed by atoms with van der Waals surface area (Å²) >= 11 is 5.94. The first-order valence-electron chi connectivity index (χ1n) is 8.78. The molecular formula is C21H20ClF2NO5. The van der Waals surface area contributed by atoms with Gasteiger partial charge in [0.1, 0.15) is 17.4 Å². The molecule has 2 aromatic carbocycles. The second-order valence-electron chi connectivity index (χ2n) is 6.39. The zero-order valence-corrected chi connectivity index (χ0v) is 17.3. The number of anilines is 1. The molecule has 30 heavy (non-hydrogen) atoms. The van der Waals surface area contributed by atoms with Gasteiger partial charge in [-0.05, 0) is 37.6 Å². The normalized spacial score (nSPS) is 11.6. The van der Waals surface area contributed by atoms with E-state index < -0.39 is 29.8 Å². The predicted molar refractivity (Wildman–Crippen MR) is 109 cm³/mol. The Morgan fingerprint density at radius 3 is 2.33 bits per heavy atom. The van der Waals surface area contributed by atoms with Crippen molar-refractivity contribution < 1.29 is 32.6 Å². The average molecular weight is 440 g/mol. The third-order valence-electron chi connectivity index (χ3n) is 3.79. The summed E-state index contributed by atoms with van der Waals surface area (Å²) in [6, 6.07) is 7.22. The van der Waals surface area contributed by atoms with Gasteiger partial charge in [0.05, 0.1) is 23.9 Å². The summed E-state index contributed by atoms with van der Waals surface area (Å²) in [6.07, 6.45) is -2.93. The van der Waals surface area contributed by atoms with Gasteiger partial charge >= 0.3 is 12.1 Å². The molecular weight excluding hydrogens is 420 g/mol. The van der Waals surface area contributed by atoms with E-state index in [1.165, 1.54) is 18.2 Å². The lowest BCUT2D eigenvalue weighted by Crippen LogP contribution is -2.31. The molecule has 6 nitrogen and oxygen atoms in total. The number of hydrogen-bond donors (Lipinski definition) is 1. The van der Waals surface area contributed by atoms with Crippen molar-refractivity contribution in [3.63, 3.8) is 0 Å². The molecule has 0 saturated carbocycles. The van der Waals surface area contributed by atoms with Gasteiger partial charge in [0.2, 0.25) is 6.10 Å². The smallest absolute Gasteiger partial charge is 0.412 e. The summed E-state index contributed by atoms with van der Waals surface area (Å²) in [5, 5.41) is 2.22. The predicted octanol–water partition coefficient (Wildman–Crippen LogP) is 5.21. The van der Waals surface area contributed by atoms with Crippen LogP contribution in [-0.2, 0) is 14.3 Å². The zero-order valence-electron chi connectivity index (χ0n) is 16.5. The molecule has 0 aliphatic heterocycles. The summed E-state index contributed by atoms with van der Waals surface area (Å²) in [5.41, 5.74) is 0.137. The molecule has 160 valence electrons. The first kappa shape index (κ1) is 23.2. The topological polar surface area (TPSA) is 73.9 Å². The van der Waals surface area contributed by atoms with E-state index >= 15 is 0 Å². The second kappa shape index (κ2) is 10.1. The molecule has 0 aliphatic carbocycles. The quantitative estimate of drug-likeness (QED) is 0.599. The highest BCUT2D eigenvalue weighted by atomic mass is 35.5. The number of carbonyl (C=O) groups excluding carboxylic acids is 2. The van der Waals surface area contributed by atoms with E-state index in [0.29, 0.717) is 5.56 Å². The number of rotatable bonds is 7. The molecule has 0 bridgehead atoms. The van der Waals surface area contributed by atoms with Gasteiger partial charge < -0.3 is 14.2 Å². The van der Waals surface area contributed by atoms with Crippen molar-refractivity contribution in [3.8, 4) is 5.75 Å². The minimum atomic E-state index is -1.54. The van der Waals surface area contributed by atoms with E-state index in [1.54, 1.807) is 13.8 Å². The van der Waals surface area contributed by atoms with Gasteiger partial charge in [-0.25, -0.2) is 18.4 Å². The monoisotopic (exact) mass is 439 g/mol. The van der Waals surface area contributed by atoms with Crippen LogP contribution in [0.25, 0.3) is 5.57 Å². The Balaban J connectivity index is 2.21. The van der Waals surface area contributed by atoms with E-state index in [1.807, 2.05) is 0 Å². The number of nitrogens with one attached hydrogen (secondary N) is 1. The maximum Gasteiger partial charge on any atom is 0.412 e. The molecule has 1 unspecified atom stereocenters. The Morgan fingerprint density at radius 2 is 1.77 bits per heavy atom. The summed E-state index contributed by atoms with van der Waals surface area (Å²) in [5.74, 6) is -2.08. The number of amides is 1. The lowest BCUT2D eigenvalue weighted by molar-refractivity contribution is -0.147.